The number of hydrogen-bond acceptors (Lipinski definition) is 5. The average molecular weight is 364 g/mol. The van der Waals surface area contributed by atoms with Crippen molar-refractivity contribution in [3.8, 4) is 11.4 Å². The lowest BCUT2D eigenvalue weighted by Crippen LogP contribution is -2.07. The summed E-state index contributed by atoms with van der Waals surface area (Å²) in [6.07, 6.45) is 5.24. The van der Waals surface area contributed by atoms with Crippen LogP contribution in [0.3, 0.4) is 0 Å². The van der Waals surface area contributed by atoms with Crippen molar-refractivity contribution in [2.45, 2.75) is 25.5 Å². The van der Waals surface area contributed by atoms with Gasteiger partial charge in [0.15, 0.2) is 16.8 Å². The maximum Gasteiger partial charge on any atom is 0.192 e. The molecule has 5 nitrogen and oxygen atoms in total. The molecule has 2 heterocycles. The molecule has 0 atom stereocenters. The molecule has 0 aliphatic rings. The van der Waals surface area contributed by atoms with E-state index in [9.17, 15) is 4.79 Å². The van der Waals surface area contributed by atoms with Crippen LogP contribution in [0.25, 0.3) is 11.4 Å². The van der Waals surface area contributed by atoms with Crippen LogP contribution in [-0.4, -0.2) is 31.3 Å². The highest BCUT2D eigenvalue weighted by molar-refractivity contribution is 7.99. The first-order valence-corrected chi connectivity index (χ1v) is 9.26. The molecule has 0 spiro atoms. The van der Waals surface area contributed by atoms with Crippen molar-refractivity contribution < 1.29 is 4.79 Å². The van der Waals surface area contributed by atoms with Crippen LogP contribution in [0.15, 0.2) is 60.5 Å². The van der Waals surface area contributed by atoms with E-state index in [4.69, 9.17) is 0 Å². The fourth-order valence-electron chi connectivity index (χ4n) is 2.65. The predicted octanol–water partition coefficient (Wildman–Crippen LogP) is 4.12. The van der Waals surface area contributed by atoms with Crippen molar-refractivity contribution in [1.82, 2.24) is 19.7 Å². The molecule has 26 heavy (non-hydrogen) atoms. The summed E-state index contributed by atoms with van der Waals surface area (Å²) < 4.78 is 1.96. The molecule has 6 heteroatoms. The lowest BCUT2D eigenvalue weighted by atomic mass is 10.0. The smallest absolute Gasteiger partial charge is 0.192 e. The van der Waals surface area contributed by atoms with Crippen LogP contribution < -0.4 is 0 Å². The number of carbonyl (C=O) groups is 1. The minimum Gasteiger partial charge on any atom is -0.298 e. The van der Waals surface area contributed by atoms with Crippen molar-refractivity contribution in [3.05, 3.63) is 72.1 Å². The molecule has 0 aliphatic carbocycles. The van der Waals surface area contributed by atoms with Crippen molar-refractivity contribution in [3.63, 3.8) is 0 Å². The van der Waals surface area contributed by atoms with E-state index < -0.39 is 0 Å². The summed E-state index contributed by atoms with van der Waals surface area (Å²) in [5, 5.41) is 9.27. The SMILES string of the molecule is C=CCn1c(SCC(=O)c2cc(C)ccc2C)nnc1-c1ccncc1. The van der Waals surface area contributed by atoms with E-state index in [1.165, 1.54) is 11.8 Å². The topological polar surface area (TPSA) is 60.7 Å². The van der Waals surface area contributed by atoms with Gasteiger partial charge in [-0.1, -0.05) is 35.5 Å². The third-order valence-electron chi connectivity index (χ3n) is 3.99. The van der Waals surface area contributed by atoms with E-state index in [1.807, 2.05) is 48.7 Å². The Morgan fingerprint density at radius 3 is 2.69 bits per heavy atom. The summed E-state index contributed by atoms with van der Waals surface area (Å²) in [4.78, 5) is 16.7. The van der Waals surface area contributed by atoms with Crippen molar-refractivity contribution in [1.29, 1.82) is 0 Å². The van der Waals surface area contributed by atoms with Gasteiger partial charge in [-0.3, -0.25) is 14.3 Å². The first-order valence-electron chi connectivity index (χ1n) is 8.28. The third kappa shape index (κ3) is 3.91. The van der Waals surface area contributed by atoms with Crippen LogP contribution in [0.4, 0.5) is 0 Å². The number of Topliss-reactive ketones (excluding diaryl/α,β-unsaturated/α-hetero) is 1. The fraction of sp³-hybridized carbons (Fsp3) is 0.200. The van der Waals surface area contributed by atoms with Gasteiger partial charge in [0, 0.05) is 30.1 Å². The second kappa shape index (κ2) is 8.10. The molecule has 0 saturated carbocycles. The van der Waals surface area contributed by atoms with Crippen LogP contribution in [0, 0.1) is 13.8 Å². The van der Waals surface area contributed by atoms with E-state index in [1.54, 1.807) is 18.5 Å². The Hall–Kier alpha value is -2.73. The quantitative estimate of drug-likeness (QED) is 0.359. The minimum atomic E-state index is 0.0924. The zero-order valence-corrected chi connectivity index (χ0v) is 15.7. The number of allylic oxidation sites excluding steroid dienone is 1. The number of pyridine rings is 1. The van der Waals surface area contributed by atoms with Gasteiger partial charge in [-0.05, 0) is 37.6 Å². The monoisotopic (exact) mass is 364 g/mol. The summed E-state index contributed by atoms with van der Waals surface area (Å²) in [5.74, 6) is 1.15. The number of aromatic nitrogens is 4. The van der Waals surface area contributed by atoms with Gasteiger partial charge in [0.05, 0.1) is 5.75 Å². The van der Waals surface area contributed by atoms with E-state index >= 15 is 0 Å². The van der Waals surface area contributed by atoms with Crippen molar-refractivity contribution in [2.24, 2.45) is 0 Å². The van der Waals surface area contributed by atoms with Crippen LogP contribution in [0.5, 0.6) is 0 Å². The first kappa shape index (κ1) is 18.1. The number of benzene rings is 1. The van der Waals surface area contributed by atoms with E-state index in [0.29, 0.717) is 17.5 Å². The molecule has 2 aromatic heterocycles. The second-order valence-corrected chi connectivity index (χ2v) is 6.91. The Morgan fingerprint density at radius 2 is 1.96 bits per heavy atom. The third-order valence-corrected chi connectivity index (χ3v) is 4.96. The average Bonchev–Trinajstić information content (AvgIpc) is 3.05. The molecule has 3 aromatic rings. The Bertz CT molecular complexity index is 934. The highest BCUT2D eigenvalue weighted by Crippen LogP contribution is 2.25. The normalized spacial score (nSPS) is 10.7. The molecule has 132 valence electrons. The van der Waals surface area contributed by atoms with Gasteiger partial charge in [0.2, 0.25) is 0 Å². The van der Waals surface area contributed by atoms with Gasteiger partial charge in [0.25, 0.3) is 0 Å². The molecule has 0 N–H and O–H groups in total. The molecule has 0 amide bonds. The Morgan fingerprint density at radius 1 is 1.19 bits per heavy atom. The highest BCUT2D eigenvalue weighted by atomic mass is 32.2. The van der Waals surface area contributed by atoms with Gasteiger partial charge in [-0.2, -0.15) is 0 Å². The molecule has 1 aromatic carbocycles. The summed E-state index contributed by atoms with van der Waals surface area (Å²) in [6, 6.07) is 9.71. The van der Waals surface area contributed by atoms with Gasteiger partial charge in [0.1, 0.15) is 0 Å². The minimum absolute atomic E-state index is 0.0924. The lowest BCUT2D eigenvalue weighted by Gasteiger charge is -2.08. The number of aryl methyl sites for hydroxylation is 2. The molecular weight excluding hydrogens is 344 g/mol. The summed E-state index contributed by atoms with van der Waals surface area (Å²) >= 11 is 1.40. The Kier molecular flexibility index (Phi) is 5.63. The van der Waals surface area contributed by atoms with E-state index in [2.05, 4.69) is 21.8 Å². The largest absolute Gasteiger partial charge is 0.298 e. The number of nitrogens with zero attached hydrogens (tertiary/aromatic N) is 4. The van der Waals surface area contributed by atoms with E-state index in [-0.39, 0.29) is 5.78 Å². The summed E-state index contributed by atoms with van der Waals surface area (Å²) in [5.41, 5.74) is 3.77. The van der Waals surface area contributed by atoms with Crippen LogP contribution in [-0.2, 0) is 6.54 Å². The maximum absolute atomic E-state index is 12.6. The van der Waals surface area contributed by atoms with Gasteiger partial charge in [-0.15, -0.1) is 16.8 Å². The Balaban J connectivity index is 1.82. The number of ketones is 1. The van der Waals surface area contributed by atoms with Crippen LogP contribution in [0.1, 0.15) is 21.5 Å². The highest BCUT2D eigenvalue weighted by Gasteiger charge is 2.16. The fourth-order valence-corrected chi connectivity index (χ4v) is 3.48. The molecule has 0 unspecified atom stereocenters. The Labute approximate surface area is 157 Å². The molecule has 0 bridgehead atoms. The van der Waals surface area contributed by atoms with Gasteiger partial charge >= 0.3 is 0 Å². The number of carbonyl (C=O) groups excluding carboxylic acids is 1. The van der Waals surface area contributed by atoms with Gasteiger partial charge in [-0.25, -0.2) is 0 Å². The number of rotatable bonds is 7. The zero-order valence-electron chi connectivity index (χ0n) is 14.8. The molecular formula is C20H20N4OS. The standard InChI is InChI=1S/C20H20N4OS/c1-4-11-24-19(16-7-9-21-10-8-16)22-23-20(24)26-13-18(25)17-12-14(2)5-6-15(17)3/h4-10,12H,1,11,13H2,2-3H3. The molecule has 0 saturated heterocycles. The number of hydrogen-bond donors (Lipinski definition) is 0. The van der Waals surface area contributed by atoms with Crippen LogP contribution in [0.2, 0.25) is 0 Å². The maximum atomic E-state index is 12.6. The van der Waals surface area contributed by atoms with Crippen molar-refractivity contribution in [2.75, 3.05) is 5.75 Å². The summed E-state index contributed by atoms with van der Waals surface area (Å²) in [6.45, 7) is 8.33. The zero-order chi connectivity index (χ0) is 18.5. The summed E-state index contributed by atoms with van der Waals surface area (Å²) in [7, 11) is 0. The molecule has 3 rings (SSSR count). The molecule has 0 aliphatic heterocycles. The first-order chi connectivity index (χ1) is 12.6. The predicted molar refractivity (Wildman–Crippen MR) is 104 cm³/mol. The van der Waals surface area contributed by atoms with Gasteiger partial charge < -0.3 is 0 Å². The van der Waals surface area contributed by atoms with Crippen molar-refractivity contribution >= 4 is 17.5 Å². The number of thioether (sulfide) groups is 1. The second-order valence-electron chi connectivity index (χ2n) is 5.97. The van der Waals surface area contributed by atoms with E-state index in [0.717, 1.165) is 28.1 Å². The molecule has 0 radical (unpaired) electrons. The lowest BCUT2D eigenvalue weighted by molar-refractivity contribution is 0.102. The van der Waals surface area contributed by atoms with Crippen LogP contribution >= 0.6 is 11.8 Å². The molecule has 0 fully saturated rings.